The zero-order valence-corrected chi connectivity index (χ0v) is 15.8. The molecule has 29 heavy (non-hydrogen) atoms. The van der Waals surface area contributed by atoms with Gasteiger partial charge in [-0.1, -0.05) is 54.6 Å². The van der Waals surface area contributed by atoms with Gasteiger partial charge in [-0.05, 0) is 24.3 Å². The highest BCUT2D eigenvalue weighted by Gasteiger charge is 2.16. The Morgan fingerprint density at radius 2 is 1.66 bits per heavy atom. The number of carbonyl (C=O) groups is 1. The zero-order valence-electron chi connectivity index (χ0n) is 15.8. The third kappa shape index (κ3) is 3.73. The van der Waals surface area contributed by atoms with Crippen LogP contribution in [0.1, 0.15) is 0 Å². The van der Waals surface area contributed by atoms with Crippen LogP contribution in [0.5, 0.6) is 5.75 Å². The van der Waals surface area contributed by atoms with Gasteiger partial charge in [-0.25, -0.2) is 4.98 Å². The predicted molar refractivity (Wildman–Crippen MR) is 113 cm³/mol. The van der Waals surface area contributed by atoms with Crippen molar-refractivity contribution in [2.24, 2.45) is 0 Å². The van der Waals surface area contributed by atoms with Gasteiger partial charge in [0.15, 0.2) is 0 Å². The lowest BCUT2D eigenvalue weighted by molar-refractivity contribution is -0.116. The largest absolute Gasteiger partial charge is 0.495 e. The van der Waals surface area contributed by atoms with E-state index in [-0.39, 0.29) is 18.0 Å². The van der Waals surface area contributed by atoms with Crippen LogP contribution in [0.2, 0.25) is 0 Å². The smallest absolute Gasteiger partial charge is 0.262 e. The Balaban J connectivity index is 1.77. The van der Waals surface area contributed by atoms with Crippen LogP contribution >= 0.6 is 0 Å². The number of aromatic nitrogens is 2. The quantitative estimate of drug-likeness (QED) is 0.568. The van der Waals surface area contributed by atoms with Crippen molar-refractivity contribution >= 4 is 22.5 Å². The van der Waals surface area contributed by atoms with Crippen molar-refractivity contribution in [1.82, 2.24) is 9.55 Å². The molecule has 0 aliphatic heterocycles. The van der Waals surface area contributed by atoms with Gasteiger partial charge in [0.2, 0.25) is 5.91 Å². The highest BCUT2D eigenvalue weighted by molar-refractivity contribution is 5.92. The van der Waals surface area contributed by atoms with Crippen molar-refractivity contribution in [3.8, 4) is 17.1 Å². The Labute approximate surface area is 167 Å². The second-order valence-electron chi connectivity index (χ2n) is 6.46. The number of methoxy groups -OCH3 is 1. The minimum absolute atomic E-state index is 0.168. The van der Waals surface area contributed by atoms with Crippen LogP contribution in [0.3, 0.4) is 0 Å². The number of hydrogen-bond donors (Lipinski definition) is 1. The van der Waals surface area contributed by atoms with Crippen molar-refractivity contribution in [2.75, 3.05) is 12.4 Å². The topological polar surface area (TPSA) is 73.2 Å². The standard InChI is InChI=1S/C23H19N3O3/c1-29-20-14-8-7-13-19(20)24-21(27)15-26-22(16-9-3-2-4-10-16)25-18-12-6-5-11-17(18)23(26)28/h2-14H,15H2,1H3,(H,24,27). The summed E-state index contributed by atoms with van der Waals surface area (Å²) in [5.74, 6) is 0.656. The molecular formula is C23H19N3O3. The van der Waals surface area contributed by atoms with Gasteiger partial charge >= 0.3 is 0 Å². The van der Waals surface area contributed by atoms with Gasteiger partial charge in [0, 0.05) is 5.56 Å². The van der Waals surface area contributed by atoms with Crippen LogP contribution in [-0.2, 0) is 11.3 Å². The maximum atomic E-state index is 13.2. The molecule has 6 heteroatoms. The first-order chi connectivity index (χ1) is 14.2. The lowest BCUT2D eigenvalue weighted by Crippen LogP contribution is -2.30. The minimum atomic E-state index is -0.342. The highest BCUT2D eigenvalue weighted by Crippen LogP contribution is 2.23. The van der Waals surface area contributed by atoms with Crippen molar-refractivity contribution in [3.63, 3.8) is 0 Å². The normalized spacial score (nSPS) is 10.7. The first kappa shape index (κ1) is 18.4. The Kier molecular flexibility index (Phi) is 5.07. The van der Waals surface area contributed by atoms with E-state index in [0.29, 0.717) is 28.2 Å². The molecule has 4 aromatic rings. The Hall–Kier alpha value is -3.93. The minimum Gasteiger partial charge on any atom is -0.495 e. The van der Waals surface area contributed by atoms with Gasteiger partial charge in [-0.15, -0.1) is 0 Å². The number of fused-ring (bicyclic) bond motifs is 1. The molecule has 0 spiro atoms. The summed E-state index contributed by atoms with van der Waals surface area (Å²) in [6.07, 6.45) is 0. The molecule has 0 aliphatic carbocycles. The summed E-state index contributed by atoms with van der Waals surface area (Å²) in [5.41, 5.74) is 1.64. The van der Waals surface area contributed by atoms with Gasteiger partial charge in [0.1, 0.15) is 18.1 Å². The number of benzene rings is 3. The maximum Gasteiger partial charge on any atom is 0.262 e. The molecule has 1 aromatic heterocycles. The number of para-hydroxylation sites is 3. The van der Waals surface area contributed by atoms with Crippen molar-refractivity contribution < 1.29 is 9.53 Å². The molecule has 0 saturated heterocycles. The van der Waals surface area contributed by atoms with Crippen LogP contribution in [0.15, 0.2) is 83.7 Å². The number of anilines is 1. The Bertz CT molecular complexity index is 1230. The van der Waals surface area contributed by atoms with Crippen LogP contribution in [-0.4, -0.2) is 22.6 Å². The number of carbonyl (C=O) groups excluding carboxylic acids is 1. The summed E-state index contributed by atoms with van der Waals surface area (Å²) in [4.78, 5) is 30.6. The molecule has 1 N–H and O–H groups in total. The third-order valence-electron chi connectivity index (χ3n) is 4.58. The number of nitrogens with one attached hydrogen (secondary N) is 1. The fraction of sp³-hybridized carbons (Fsp3) is 0.0870. The monoisotopic (exact) mass is 385 g/mol. The summed E-state index contributed by atoms with van der Waals surface area (Å²) in [7, 11) is 1.54. The number of hydrogen-bond acceptors (Lipinski definition) is 4. The fourth-order valence-electron chi connectivity index (χ4n) is 3.20. The van der Waals surface area contributed by atoms with Gasteiger partial charge in [-0.2, -0.15) is 0 Å². The molecule has 0 saturated carbocycles. The van der Waals surface area contributed by atoms with Gasteiger partial charge in [0.25, 0.3) is 5.56 Å². The number of amides is 1. The predicted octanol–water partition coefficient (Wildman–Crippen LogP) is 3.71. The molecule has 144 valence electrons. The van der Waals surface area contributed by atoms with E-state index in [2.05, 4.69) is 10.3 Å². The lowest BCUT2D eigenvalue weighted by Gasteiger charge is -2.15. The van der Waals surface area contributed by atoms with E-state index in [0.717, 1.165) is 5.56 Å². The average Bonchev–Trinajstić information content (AvgIpc) is 2.76. The summed E-state index contributed by atoms with van der Waals surface area (Å²) in [6, 6.07) is 23.6. The molecule has 0 unspecified atom stereocenters. The van der Waals surface area contributed by atoms with Crippen molar-refractivity contribution in [3.05, 3.63) is 89.2 Å². The maximum absolute atomic E-state index is 13.2. The zero-order chi connectivity index (χ0) is 20.2. The van der Waals surface area contributed by atoms with Crippen LogP contribution in [0.4, 0.5) is 5.69 Å². The molecule has 6 nitrogen and oxygen atoms in total. The molecule has 0 atom stereocenters. The van der Waals surface area contributed by atoms with E-state index >= 15 is 0 Å². The first-order valence-corrected chi connectivity index (χ1v) is 9.15. The Morgan fingerprint density at radius 3 is 2.45 bits per heavy atom. The highest BCUT2D eigenvalue weighted by atomic mass is 16.5. The second kappa shape index (κ2) is 7.98. The molecule has 4 rings (SSSR count). The summed E-state index contributed by atoms with van der Waals surface area (Å²) in [5, 5.41) is 3.28. The van der Waals surface area contributed by atoms with E-state index in [1.165, 1.54) is 11.7 Å². The first-order valence-electron chi connectivity index (χ1n) is 9.15. The van der Waals surface area contributed by atoms with Crippen LogP contribution in [0, 0.1) is 0 Å². The third-order valence-corrected chi connectivity index (χ3v) is 4.58. The molecule has 0 aliphatic rings. The van der Waals surface area contributed by atoms with Crippen LogP contribution in [0.25, 0.3) is 22.3 Å². The van der Waals surface area contributed by atoms with Crippen molar-refractivity contribution in [1.29, 1.82) is 0 Å². The molecule has 3 aromatic carbocycles. The van der Waals surface area contributed by atoms with Gasteiger partial charge in [-0.3, -0.25) is 14.2 Å². The molecular weight excluding hydrogens is 366 g/mol. The number of nitrogens with zero attached hydrogens (tertiary/aromatic N) is 2. The molecule has 0 fully saturated rings. The van der Waals surface area contributed by atoms with E-state index in [1.54, 1.807) is 36.4 Å². The van der Waals surface area contributed by atoms with Gasteiger partial charge in [0.05, 0.1) is 23.7 Å². The molecule has 1 heterocycles. The van der Waals surface area contributed by atoms with E-state index < -0.39 is 0 Å². The molecule has 0 radical (unpaired) electrons. The van der Waals surface area contributed by atoms with Gasteiger partial charge < -0.3 is 10.1 Å². The average molecular weight is 385 g/mol. The molecule has 0 bridgehead atoms. The lowest BCUT2D eigenvalue weighted by atomic mass is 10.2. The number of ether oxygens (including phenoxy) is 1. The molecule has 1 amide bonds. The Morgan fingerprint density at radius 1 is 0.966 bits per heavy atom. The van der Waals surface area contributed by atoms with Crippen LogP contribution < -0.4 is 15.6 Å². The second-order valence-corrected chi connectivity index (χ2v) is 6.46. The van der Waals surface area contributed by atoms with Crippen molar-refractivity contribution in [2.45, 2.75) is 6.54 Å². The summed E-state index contributed by atoms with van der Waals surface area (Å²) in [6.45, 7) is -0.168. The summed E-state index contributed by atoms with van der Waals surface area (Å²) < 4.78 is 6.68. The fourth-order valence-corrected chi connectivity index (χ4v) is 3.20. The van der Waals surface area contributed by atoms with E-state index in [9.17, 15) is 9.59 Å². The SMILES string of the molecule is COc1ccccc1NC(=O)Cn1c(-c2ccccc2)nc2ccccc2c1=O. The van der Waals surface area contributed by atoms with E-state index in [4.69, 9.17) is 4.74 Å². The summed E-state index contributed by atoms with van der Waals surface area (Å²) >= 11 is 0. The van der Waals surface area contributed by atoms with E-state index in [1.807, 2.05) is 42.5 Å². The number of rotatable bonds is 5.